The average molecular weight is 955 g/mol. The molecule has 2 aromatic rings. The number of cyclic esters (lactones) is 1. The molecule has 4 heterocycles. The lowest BCUT2D eigenvalue weighted by atomic mass is 9.45. The largest absolute Gasteiger partial charge is 0.465 e. The van der Waals surface area contributed by atoms with E-state index in [1.54, 1.807) is 6.92 Å². The fraction of sp³-hybridized carbons (Fsp3) is 0.617. The Hall–Kier alpha value is -6.22. The molecule has 68 heavy (non-hydrogen) atoms. The SMILES string of the molecule is CC(=O)OCC12C(OC(C)=O)C(OC(=O)C(C)C)C3C(OC(C)=O)C14OC3(C)COC(=O)c1cccnc1C(C)C(C)C(=O)OC(C(OC(=O)c1ccc(=O)n(C)c1)C2OC(=O)C(C)C)C4(C)O. The number of nitrogens with zero attached hydrogens (tertiary/aromatic N) is 2. The van der Waals surface area contributed by atoms with Crippen LogP contribution < -0.4 is 5.56 Å². The van der Waals surface area contributed by atoms with Crippen molar-refractivity contribution in [2.75, 3.05) is 13.2 Å². The summed E-state index contributed by atoms with van der Waals surface area (Å²) in [5.41, 5.74) is -11.4. The Morgan fingerprint density at radius 1 is 0.809 bits per heavy atom. The smallest absolute Gasteiger partial charge is 0.340 e. The third-order valence-electron chi connectivity index (χ3n) is 13.5. The van der Waals surface area contributed by atoms with Crippen LogP contribution in [0.1, 0.15) is 108 Å². The van der Waals surface area contributed by atoms with Crippen molar-refractivity contribution in [2.24, 2.45) is 36.1 Å². The first-order chi connectivity index (χ1) is 31.7. The van der Waals surface area contributed by atoms with Gasteiger partial charge in [-0.1, -0.05) is 41.5 Å². The van der Waals surface area contributed by atoms with Crippen LogP contribution in [0.25, 0.3) is 0 Å². The lowest BCUT2D eigenvalue weighted by Gasteiger charge is -2.67. The monoisotopic (exact) mass is 954 g/mol. The number of carbonyl (C=O) groups excluding carboxylic acids is 8. The summed E-state index contributed by atoms with van der Waals surface area (Å²) in [6, 6.07) is 5.07. The van der Waals surface area contributed by atoms with Crippen LogP contribution in [-0.4, -0.2) is 129 Å². The Labute approximate surface area is 391 Å². The maximum absolute atomic E-state index is 14.8. The van der Waals surface area contributed by atoms with Crippen LogP contribution in [0.2, 0.25) is 0 Å². The highest BCUT2D eigenvalue weighted by molar-refractivity contribution is 5.91. The molecular formula is C47H58N2O19. The number of fused-ring (bicyclic) bond motifs is 5. The van der Waals surface area contributed by atoms with Crippen molar-refractivity contribution in [1.29, 1.82) is 0 Å². The average Bonchev–Trinajstić information content (AvgIpc) is 3.48. The van der Waals surface area contributed by atoms with Crippen LogP contribution in [-0.2, 0) is 78.4 Å². The molecule has 2 saturated carbocycles. The van der Waals surface area contributed by atoms with Gasteiger partial charge < -0.3 is 52.3 Å². The van der Waals surface area contributed by atoms with Crippen molar-refractivity contribution in [1.82, 2.24) is 9.55 Å². The molecule has 1 N–H and O–H groups in total. The predicted molar refractivity (Wildman–Crippen MR) is 229 cm³/mol. The van der Waals surface area contributed by atoms with E-state index in [-0.39, 0.29) is 16.8 Å². The van der Waals surface area contributed by atoms with Gasteiger partial charge in [-0.3, -0.25) is 38.5 Å². The molecule has 0 aromatic carbocycles. The van der Waals surface area contributed by atoms with E-state index in [4.69, 9.17) is 42.6 Å². The molecule has 21 nitrogen and oxygen atoms in total. The molecular weight excluding hydrogens is 897 g/mol. The summed E-state index contributed by atoms with van der Waals surface area (Å²) in [4.78, 5) is 129. The molecule has 1 saturated heterocycles. The Morgan fingerprint density at radius 3 is 2.00 bits per heavy atom. The summed E-state index contributed by atoms with van der Waals surface area (Å²) >= 11 is 0. The fourth-order valence-corrected chi connectivity index (χ4v) is 10.1. The van der Waals surface area contributed by atoms with Crippen LogP contribution in [0, 0.1) is 29.1 Å². The van der Waals surface area contributed by atoms with Gasteiger partial charge in [-0.15, -0.1) is 0 Å². The molecule has 2 aliphatic heterocycles. The molecule has 21 heteroatoms. The minimum absolute atomic E-state index is 0.0716. The summed E-state index contributed by atoms with van der Waals surface area (Å²) in [6.07, 6.45) is -10.2. The third-order valence-corrected chi connectivity index (χ3v) is 13.5. The minimum Gasteiger partial charge on any atom is -0.465 e. The molecule has 6 rings (SSSR count). The maximum atomic E-state index is 14.8. The Kier molecular flexibility index (Phi) is 14.1. The molecule has 13 atom stereocenters. The van der Waals surface area contributed by atoms with Gasteiger partial charge in [0.05, 0.1) is 40.5 Å². The zero-order chi connectivity index (χ0) is 50.6. The summed E-state index contributed by atoms with van der Waals surface area (Å²) in [7, 11) is 1.35. The van der Waals surface area contributed by atoms with E-state index in [9.17, 15) is 48.3 Å². The van der Waals surface area contributed by atoms with E-state index in [0.29, 0.717) is 0 Å². The molecule has 2 aliphatic carbocycles. The first-order valence-corrected chi connectivity index (χ1v) is 22.2. The molecule has 0 amide bonds. The zero-order valence-corrected chi connectivity index (χ0v) is 39.9. The molecule has 370 valence electrons. The number of esters is 8. The van der Waals surface area contributed by atoms with Crippen molar-refractivity contribution in [2.45, 2.75) is 136 Å². The van der Waals surface area contributed by atoms with E-state index < -0.39 is 155 Å². The number of rotatable bonds is 10. The molecule has 1 spiro atoms. The summed E-state index contributed by atoms with van der Waals surface area (Å²) in [5.74, 6) is -14.1. The van der Waals surface area contributed by atoms with Crippen molar-refractivity contribution in [3.8, 4) is 0 Å². The maximum Gasteiger partial charge on any atom is 0.340 e. The number of hydrogen-bond acceptors (Lipinski definition) is 20. The topological polar surface area (TPSA) is 275 Å². The van der Waals surface area contributed by atoms with Crippen molar-refractivity contribution < 1.29 is 86.1 Å². The summed E-state index contributed by atoms with van der Waals surface area (Å²) in [5, 5.41) is 13.9. The number of ether oxygens (including phenoxy) is 9. The van der Waals surface area contributed by atoms with Crippen LogP contribution in [0.4, 0.5) is 0 Å². The second-order valence-electron chi connectivity index (χ2n) is 19.0. The molecule has 2 aromatic heterocycles. The zero-order valence-electron chi connectivity index (χ0n) is 39.9. The van der Waals surface area contributed by atoms with Crippen LogP contribution in [0.15, 0.2) is 41.5 Å². The van der Waals surface area contributed by atoms with Gasteiger partial charge in [-0.2, -0.15) is 0 Å². The first kappa shape index (κ1) is 51.2. The quantitative estimate of drug-likeness (QED) is 0.264. The Bertz CT molecular complexity index is 2450. The number of aromatic nitrogens is 2. The van der Waals surface area contributed by atoms with E-state index >= 15 is 0 Å². The van der Waals surface area contributed by atoms with E-state index in [1.165, 1.54) is 66.9 Å². The number of aryl methyl sites for hydroxylation is 1. The van der Waals surface area contributed by atoms with Crippen LogP contribution in [0.3, 0.4) is 0 Å². The van der Waals surface area contributed by atoms with Crippen LogP contribution in [0.5, 0.6) is 0 Å². The highest BCUT2D eigenvalue weighted by atomic mass is 16.7. The lowest BCUT2D eigenvalue weighted by molar-refractivity contribution is -0.386. The molecule has 13 unspecified atom stereocenters. The molecule has 4 aliphatic rings. The number of aliphatic hydroxyl groups is 1. The molecule has 3 fully saturated rings. The molecule has 4 bridgehead atoms. The highest BCUT2D eigenvalue weighted by Gasteiger charge is 2.92. The van der Waals surface area contributed by atoms with E-state index in [2.05, 4.69) is 4.98 Å². The van der Waals surface area contributed by atoms with Gasteiger partial charge in [0.15, 0.2) is 30.0 Å². The van der Waals surface area contributed by atoms with Crippen molar-refractivity contribution in [3.05, 3.63) is 63.8 Å². The van der Waals surface area contributed by atoms with Gasteiger partial charge in [0.25, 0.3) is 0 Å². The number of carbonyl (C=O) groups is 8. The normalized spacial score (nSPS) is 34.1. The van der Waals surface area contributed by atoms with E-state index in [0.717, 1.165) is 50.6 Å². The number of hydrogen-bond donors (Lipinski definition) is 1. The standard InChI is InChI=1S/C47H58N2O19/c1-21(2)39(54)64-33-31-35(62-26(8)51)47-45(11,59)36(66-41(56)24(6)23(5)32-29(14-13-17-48-32)43(58)61-19-44(31,10)68-47)34(65-42(57)28-15-16-30(53)49(12)18-28)38(67-40(55)22(3)4)46(47,20-60-25(7)50)37(33)63-27(9)52/h13-18,21-24,31,33-38,59H,19-20H2,1-12H3. The van der Waals surface area contributed by atoms with Crippen molar-refractivity contribution in [3.63, 3.8) is 0 Å². The van der Waals surface area contributed by atoms with E-state index in [1.807, 2.05) is 0 Å². The predicted octanol–water partition coefficient (Wildman–Crippen LogP) is 2.30. The molecule has 0 radical (unpaired) electrons. The highest BCUT2D eigenvalue weighted by Crippen LogP contribution is 2.70. The van der Waals surface area contributed by atoms with Gasteiger partial charge in [0.2, 0.25) is 5.56 Å². The van der Waals surface area contributed by atoms with Gasteiger partial charge in [0.1, 0.15) is 42.0 Å². The van der Waals surface area contributed by atoms with Crippen molar-refractivity contribution >= 4 is 47.8 Å². The Morgan fingerprint density at radius 2 is 1.41 bits per heavy atom. The summed E-state index contributed by atoms with van der Waals surface area (Å²) in [6.45, 7) is 12.4. The summed E-state index contributed by atoms with van der Waals surface area (Å²) < 4.78 is 57.7. The van der Waals surface area contributed by atoms with Crippen LogP contribution >= 0.6 is 0 Å². The van der Waals surface area contributed by atoms with Gasteiger partial charge in [-0.25, -0.2) is 9.59 Å². The first-order valence-electron chi connectivity index (χ1n) is 22.2. The van der Waals surface area contributed by atoms with Gasteiger partial charge in [0, 0.05) is 52.2 Å². The number of pyridine rings is 2. The second kappa shape index (κ2) is 18.7. The third kappa shape index (κ3) is 8.51. The fourth-order valence-electron chi connectivity index (χ4n) is 10.1. The van der Waals surface area contributed by atoms with Gasteiger partial charge in [-0.05, 0) is 32.0 Å². The Balaban J connectivity index is 1.83. The second-order valence-corrected chi connectivity index (χ2v) is 19.0. The minimum atomic E-state index is -2.95. The lowest BCUT2D eigenvalue weighted by Crippen LogP contribution is -2.89. The van der Waals surface area contributed by atoms with Gasteiger partial charge >= 0.3 is 47.8 Å².